The van der Waals surface area contributed by atoms with Crippen LogP contribution in [-0.4, -0.2) is 34.0 Å². The van der Waals surface area contributed by atoms with Gasteiger partial charge >= 0.3 is 0 Å². The summed E-state index contributed by atoms with van der Waals surface area (Å²) in [6.07, 6.45) is 1.48. The Labute approximate surface area is 200 Å². The molecular weight excluding hydrogens is 455 g/mol. The number of anilines is 1. The number of aryl methyl sites for hydroxylation is 2. The van der Waals surface area contributed by atoms with Crippen LogP contribution in [-0.2, 0) is 21.2 Å². The van der Waals surface area contributed by atoms with Gasteiger partial charge in [0.25, 0.3) is 10.0 Å². The highest BCUT2D eigenvalue weighted by molar-refractivity contribution is 7.93. The normalized spacial score (nSPS) is 12.1. The van der Waals surface area contributed by atoms with Crippen molar-refractivity contribution in [1.29, 1.82) is 0 Å². The second-order valence-corrected chi connectivity index (χ2v) is 9.97. The number of nitrogens with zero attached hydrogens (tertiary/aromatic N) is 1. The first-order chi connectivity index (χ1) is 16.2. The molecule has 3 rings (SSSR count). The minimum absolute atomic E-state index is 0.0655. The number of benzene rings is 3. The maximum absolute atomic E-state index is 13.7. The van der Waals surface area contributed by atoms with E-state index >= 15 is 0 Å². The van der Waals surface area contributed by atoms with Crippen molar-refractivity contribution in [1.82, 2.24) is 5.32 Å². The van der Waals surface area contributed by atoms with Gasteiger partial charge in [-0.2, -0.15) is 0 Å². The van der Waals surface area contributed by atoms with Crippen LogP contribution < -0.4 is 14.4 Å². The van der Waals surface area contributed by atoms with Crippen LogP contribution in [0.5, 0.6) is 5.75 Å². The van der Waals surface area contributed by atoms with Crippen molar-refractivity contribution in [2.45, 2.75) is 37.6 Å². The lowest BCUT2D eigenvalue weighted by molar-refractivity contribution is -0.120. The summed E-state index contributed by atoms with van der Waals surface area (Å²) in [4.78, 5) is 12.8. The molecule has 180 valence electrons. The minimum atomic E-state index is -4.19. The topological polar surface area (TPSA) is 75.7 Å². The van der Waals surface area contributed by atoms with Crippen LogP contribution in [0, 0.1) is 12.7 Å². The van der Waals surface area contributed by atoms with Crippen LogP contribution >= 0.6 is 0 Å². The highest BCUT2D eigenvalue weighted by atomic mass is 32.2. The van der Waals surface area contributed by atoms with E-state index in [1.165, 1.54) is 25.3 Å². The zero-order valence-electron chi connectivity index (χ0n) is 19.5. The summed E-state index contributed by atoms with van der Waals surface area (Å²) >= 11 is 0. The van der Waals surface area contributed by atoms with E-state index in [1.54, 1.807) is 19.1 Å². The summed E-state index contributed by atoms with van der Waals surface area (Å²) in [5.74, 6) is -0.803. The molecule has 34 heavy (non-hydrogen) atoms. The van der Waals surface area contributed by atoms with Gasteiger partial charge in [-0.25, -0.2) is 12.8 Å². The summed E-state index contributed by atoms with van der Waals surface area (Å²) < 4.78 is 47.1. The molecule has 1 N–H and O–H groups in total. The first-order valence-corrected chi connectivity index (χ1v) is 12.4. The molecule has 0 radical (unpaired) electrons. The van der Waals surface area contributed by atoms with Crippen LogP contribution in [0.2, 0.25) is 0 Å². The summed E-state index contributed by atoms with van der Waals surface area (Å²) in [6.45, 7) is 3.18. The largest absolute Gasteiger partial charge is 0.495 e. The van der Waals surface area contributed by atoms with E-state index in [4.69, 9.17) is 4.74 Å². The SMILES string of the molecule is COc1ccc(C)cc1S(=O)(=O)N(CC(=O)N[C@H](C)CCc1ccccc1)c1ccc(F)cc1. The molecule has 6 nitrogen and oxygen atoms in total. The lowest BCUT2D eigenvalue weighted by Crippen LogP contribution is -2.43. The van der Waals surface area contributed by atoms with Gasteiger partial charge in [-0.1, -0.05) is 36.4 Å². The molecule has 0 saturated heterocycles. The predicted octanol–water partition coefficient (Wildman–Crippen LogP) is 4.48. The summed E-state index contributed by atoms with van der Waals surface area (Å²) in [5, 5.41) is 2.87. The molecule has 0 fully saturated rings. The Bertz CT molecular complexity index is 1220. The maximum Gasteiger partial charge on any atom is 0.268 e. The summed E-state index contributed by atoms with van der Waals surface area (Å²) in [5.41, 5.74) is 2.06. The number of halogens is 1. The smallest absolute Gasteiger partial charge is 0.268 e. The van der Waals surface area contributed by atoms with E-state index in [-0.39, 0.29) is 22.4 Å². The highest BCUT2D eigenvalue weighted by Crippen LogP contribution is 2.31. The number of rotatable bonds is 10. The minimum Gasteiger partial charge on any atom is -0.495 e. The van der Waals surface area contributed by atoms with Crippen molar-refractivity contribution >= 4 is 21.6 Å². The third-order valence-corrected chi connectivity index (χ3v) is 7.20. The molecule has 0 spiro atoms. The van der Waals surface area contributed by atoms with E-state index < -0.39 is 28.3 Å². The van der Waals surface area contributed by atoms with E-state index in [9.17, 15) is 17.6 Å². The van der Waals surface area contributed by atoms with Gasteiger partial charge < -0.3 is 10.1 Å². The number of ether oxygens (including phenoxy) is 1. The van der Waals surface area contributed by atoms with Gasteiger partial charge in [-0.05, 0) is 74.2 Å². The molecule has 0 bridgehead atoms. The van der Waals surface area contributed by atoms with Gasteiger partial charge in [0.1, 0.15) is 23.0 Å². The van der Waals surface area contributed by atoms with Crippen LogP contribution in [0.25, 0.3) is 0 Å². The molecule has 3 aromatic rings. The molecule has 0 aromatic heterocycles. The van der Waals surface area contributed by atoms with Crippen LogP contribution in [0.4, 0.5) is 10.1 Å². The Morgan fingerprint density at radius 2 is 1.74 bits per heavy atom. The van der Waals surface area contributed by atoms with Gasteiger partial charge in [0.2, 0.25) is 5.91 Å². The number of hydrogen-bond acceptors (Lipinski definition) is 4. The molecule has 3 aromatic carbocycles. The van der Waals surface area contributed by atoms with Gasteiger partial charge in [0, 0.05) is 6.04 Å². The second kappa shape index (κ2) is 11.2. The lowest BCUT2D eigenvalue weighted by atomic mass is 10.1. The van der Waals surface area contributed by atoms with Crippen molar-refractivity contribution in [3.05, 3.63) is 89.7 Å². The molecule has 0 aliphatic heterocycles. The van der Waals surface area contributed by atoms with Crippen LogP contribution in [0.1, 0.15) is 24.5 Å². The Kier molecular flexibility index (Phi) is 8.28. The zero-order chi connectivity index (χ0) is 24.7. The van der Waals surface area contributed by atoms with Gasteiger partial charge in [0.15, 0.2) is 0 Å². The van der Waals surface area contributed by atoms with E-state index in [1.807, 2.05) is 37.3 Å². The molecule has 0 aliphatic carbocycles. The Morgan fingerprint density at radius 1 is 1.06 bits per heavy atom. The number of hydrogen-bond donors (Lipinski definition) is 1. The molecule has 0 unspecified atom stereocenters. The second-order valence-electron chi connectivity index (χ2n) is 8.14. The van der Waals surface area contributed by atoms with Crippen molar-refractivity contribution in [3.8, 4) is 5.75 Å². The lowest BCUT2D eigenvalue weighted by Gasteiger charge is -2.26. The van der Waals surface area contributed by atoms with Crippen molar-refractivity contribution in [2.24, 2.45) is 0 Å². The Hall–Kier alpha value is -3.39. The third-order valence-electron chi connectivity index (χ3n) is 5.41. The quantitative estimate of drug-likeness (QED) is 0.461. The number of carbonyl (C=O) groups excluding carboxylic acids is 1. The average molecular weight is 485 g/mol. The fraction of sp³-hybridized carbons (Fsp3) is 0.269. The van der Waals surface area contributed by atoms with E-state index in [0.717, 1.165) is 34.0 Å². The van der Waals surface area contributed by atoms with Gasteiger partial charge in [-0.15, -0.1) is 0 Å². The average Bonchev–Trinajstić information content (AvgIpc) is 2.82. The number of sulfonamides is 1. The molecule has 0 heterocycles. The Balaban J connectivity index is 1.83. The van der Waals surface area contributed by atoms with E-state index in [2.05, 4.69) is 5.32 Å². The molecule has 1 atom stereocenters. The number of carbonyl (C=O) groups is 1. The fourth-order valence-corrected chi connectivity index (χ4v) is 5.24. The Morgan fingerprint density at radius 3 is 2.38 bits per heavy atom. The number of nitrogens with one attached hydrogen (secondary N) is 1. The van der Waals surface area contributed by atoms with Crippen LogP contribution in [0.15, 0.2) is 77.7 Å². The monoisotopic (exact) mass is 484 g/mol. The zero-order valence-corrected chi connectivity index (χ0v) is 20.3. The van der Waals surface area contributed by atoms with Crippen molar-refractivity contribution < 1.29 is 22.3 Å². The van der Waals surface area contributed by atoms with Gasteiger partial charge in [-0.3, -0.25) is 9.10 Å². The molecule has 8 heteroatoms. The standard InChI is InChI=1S/C26H29FN2O4S/c1-19-9-16-24(33-3)25(17-19)34(31,32)29(23-14-12-22(27)13-15-23)18-26(30)28-20(2)10-11-21-7-5-4-6-8-21/h4-9,12-17,20H,10-11,18H2,1-3H3,(H,28,30)/t20-/m1/s1. The number of amides is 1. The van der Waals surface area contributed by atoms with E-state index in [0.29, 0.717) is 6.42 Å². The third kappa shape index (κ3) is 6.35. The molecule has 0 saturated carbocycles. The predicted molar refractivity (Wildman–Crippen MR) is 131 cm³/mol. The fourth-order valence-electron chi connectivity index (χ4n) is 3.58. The van der Waals surface area contributed by atoms with Crippen molar-refractivity contribution in [2.75, 3.05) is 18.0 Å². The summed E-state index contributed by atoms with van der Waals surface area (Å²) in [6, 6.07) is 19.5. The highest BCUT2D eigenvalue weighted by Gasteiger charge is 2.30. The number of methoxy groups -OCH3 is 1. The first kappa shape index (κ1) is 25.2. The maximum atomic E-state index is 13.7. The first-order valence-electron chi connectivity index (χ1n) is 11.0. The summed E-state index contributed by atoms with van der Waals surface area (Å²) in [7, 11) is -2.81. The van der Waals surface area contributed by atoms with Crippen molar-refractivity contribution in [3.63, 3.8) is 0 Å². The molecular formula is C26H29FN2O4S. The molecule has 1 amide bonds. The van der Waals surface area contributed by atoms with Gasteiger partial charge in [0.05, 0.1) is 12.8 Å². The molecule has 0 aliphatic rings. The van der Waals surface area contributed by atoms with Crippen LogP contribution in [0.3, 0.4) is 0 Å².